The summed E-state index contributed by atoms with van der Waals surface area (Å²) in [7, 11) is 1.68. The van der Waals surface area contributed by atoms with Crippen molar-refractivity contribution in [2.24, 2.45) is 0 Å². The molecule has 0 radical (unpaired) electrons. The van der Waals surface area contributed by atoms with Gasteiger partial charge in [-0.25, -0.2) is 0 Å². The van der Waals surface area contributed by atoms with Crippen LogP contribution in [0.4, 0.5) is 0 Å². The third-order valence-corrected chi connectivity index (χ3v) is 3.12. The number of rotatable bonds is 2. The lowest BCUT2D eigenvalue weighted by Crippen LogP contribution is -2.08. The number of aliphatic hydroxyl groups excluding tert-OH is 1. The summed E-state index contributed by atoms with van der Waals surface area (Å²) in [5.41, 5.74) is 3.71. The summed E-state index contributed by atoms with van der Waals surface area (Å²) in [6, 6.07) is 6.10. The van der Waals surface area contributed by atoms with Crippen LogP contribution in [-0.2, 0) is 0 Å². The Bertz CT molecular complexity index is 407. The van der Waals surface area contributed by atoms with Crippen LogP contribution < -0.4 is 4.74 Å². The van der Waals surface area contributed by atoms with Gasteiger partial charge in [0.2, 0.25) is 0 Å². The van der Waals surface area contributed by atoms with Crippen LogP contribution in [0.25, 0.3) is 5.57 Å². The van der Waals surface area contributed by atoms with Crippen molar-refractivity contribution in [2.45, 2.75) is 32.3 Å². The number of aryl methyl sites for hydroxylation is 1. The Morgan fingerprint density at radius 1 is 1.38 bits per heavy atom. The van der Waals surface area contributed by atoms with Crippen LogP contribution in [0.3, 0.4) is 0 Å². The first-order valence-electron chi connectivity index (χ1n) is 5.74. The summed E-state index contributed by atoms with van der Waals surface area (Å²) in [5, 5.41) is 9.63. The van der Waals surface area contributed by atoms with Crippen LogP contribution in [0.5, 0.6) is 5.75 Å². The van der Waals surface area contributed by atoms with Crippen LogP contribution in [-0.4, -0.2) is 18.3 Å². The van der Waals surface area contributed by atoms with Crippen molar-refractivity contribution in [2.75, 3.05) is 7.11 Å². The first-order chi connectivity index (χ1) is 7.70. The molecule has 1 aromatic rings. The summed E-state index contributed by atoms with van der Waals surface area (Å²) in [5.74, 6) is 0.887. The van der Waals surface area contributed by atoms with Crippen molar-refractivity contribution in [1.82, 2.24) is 0 Å². The summed E-state index contributed by atoms with van der Waals surface area (Å²) < 4.78 is 5.19. The molecule has 0 bridgehead atoms. The maximum absolute atomic E-state index is 9.63. The molecule has 0 saturated heterocycles. The third-order valence-electron chi connectivity index (χ3n) is 3.12. The largest absolute Gasteiger partial charge is 0.497 e. The van der Waals surface area contributed by atoms with Crippen LogP contribution >= 0.6 is 0 Å². The van der Waals surface area contributed by atoms with Gasteiger partial charge in [-0.1, -0.05) is 12.1 Å². The molecule has 2 heteroatoms. The van der Waals surface area contributed by atoms with E-state index in [9.17, 15) is 5.11 Å². The molecule has 0 amide bonds. The van der Waals surface area contributed by atoms with Gasteiger partial charge in [0, 0.05) is 0 Å². The molecule has 2 rings (SSSR count). The van der Waals surface area contributed by atoms with Crippen molar-refractivity contribution >= 4 is 5.57 Å². The summed E-state index contributed by atoms with van der Waals surface area (Å²) >= 11 is 0. The highest BCUT2D eigenvalue weighted by Crippen LogP contribution is 2.30. The number of hydrogen-bond donors (Lipinski definition) is 1. The molecule has 0 aliphatic heterocycles. The average molecular weight is 218 g/mol. The highest BCUT2D eigenvalue weighted by atomic mass is 16.5. The van der Waals surface area contributed by atoms with E-state index in [1.165, 1.54) is 16.7 Å². The number of benzene rings is 1. The second-order valence-electron chi connectivity index (χ2n) is 4.33. The molecule has 86 valence electrons. The summed E-state index contributed by atoms with van der Waals surface area (Å²) in [6.45, 7) is 2.08. The highest BCUT2D eigenvalue weighted by Gasteiger charge is 2.13. The molecule has 0 fully saturated rings. The first kappa shape index (κ1) is 11.2. The fourth-order valence-corrected chi connectivity index (χ4v) is 2.25. The van der Waals surface area contributed by atoms with E-state index in [0.717, 1.165) is 25.0 Å². The Hall–Kier alpha value is -1.28. The quantitative estimate of drug-likeness (QED) is 0.827. The molecule has 0 aromatic heterocycles. The molecule has 0 heterocycles. The first-order valence-corrected chi connectivity index (χ1v) is 5.74. The van der Waals surface area contributed by atoms with Gasteiger partial charge in [-0.2, -0.15) is 0 Å². The monoisotopic (exact) mass is 218 g/mol. The van der Waals surface area contributed by atoms with Crippen molar-refractivity contribution in [1.29, 1.82) is 0 Å². The van der Waals surface area contributed by atoms with Gasteiger partial charge in [0.25, 0.3) is 0 Å². The van der Waals surface area contributed by atoms with Gasteiger partial charge in [0.05, 0.1) is 13.2 Å². The minimum atomic E-state index is -0.273. The van der Waals surface area contributed by atoms with E-state index in [4.69, 9.17) is 4.74 Å². The van der Waals surface area contributed by atoms with Crippen molar-refractivity contribution < 1.29 is 9.84 Å². The second-order valence-corrected chi connectivity index (χ2v) is 4.33. The van der Waals surface area contributed by atoms with E-state index in [-0.39, 0.29) is 6.10 Å². The molecule has 1 atom stereocenters. The molecule has 1 aliphatic carbocycles. The fraction of sp³-hybridized carbons (Fsp3) is 0.429. The number of hydrogen-bond acceptors (Lipinski definition) is 2. The van der Waals surface area contributed by atoms with Gasteiger partial charge in [0.15, 0.2) is 0 Å². The zero-order valence-corrected chi connectivity index (χ0v) is 9.86. The summed E-state index contributed by atoms with van der Waals surface area (Å²) in [6.07, 6.45) is 4.73. The van der Waals surface area contributed by atoms with E-state index in [2.05, 4.69) is 13.0 Å². The smallest absolute Gasteiger partial charge is 0.119 e. The van der Waals surface area contributed by atoms with Gasteiger partial charge in [-0.15, -0.1) is 0 Å². The minimum absolute atomic E-state index is 0.273. The van der Waals surface area contributed by atoms with Gasteiger partial charge >= 0.3 is 0 Å². The maximum Gasteiger partial charge on any atom is 0.119 e. The van der Waals surface area contributed by atoms with Crippen LogP contribution in [0, 0.1) is 6.92 Å². The molecule has 1 N–H and O–H groups in total. The predicted octanol–water partition coefficient (Wildman–Crippen LogP) is 2.93. The Morgan fingerprint density at radius 2 is 2.19 bits per heavy atom. The van der Waals surface area contributed by atoms with Crippen LogP contribution in [0.2, 0.25) is 0 Å². The zero-order valence-electron chi connectivity index (χ0n) is 9.86. The fourth-order valence-electron chi connectivity index (χ4n) is 2.25. The van der Waals surface area contributed by atoms with E-state index < -0.39 is 0 Å². The van der Waals surface area contributed by atoms with E-state index in [0.29, 0.717) is 0 Å². The molecule has 1 aromatic carbocycles. The minimum Gasteiger partial charge on any atom is -0.497 e. The molecule has 2 nitrogen and oxygen atoms in total. The van der Waals surface area contributed by atoms with Crippen molar-refractivity contribution in [3.63, 3.8) is 0 Å². The lowest BCUT2D eigenvalue weighted by atomic mass is 9.90. The molecular formula is C14H18O2. The topological polar surface area (TPSA) is 29.5 Å². The Morgan fingerprint density at radius 3 is 2.81 bits per heavy atom. The summed E-state index contributed by atoms with van der Waals surface area (Å²) in [4.78, 5) is 0. The number of ether oxygens (including phenoxy) is 1. The lowest BCUT2D eigenvalue weighted by Gasteiger charge is -2.19. The van der Waals surface area contributed by atoms with E-state index in [1.54, 1.807) is 7.11 Å². The third kappa shape index (κ3) is 2.27. The average Bonchev–Trinajstić information content (AvgIpc) is 2.28. The SMILES string of the molecule is COc1ccc(C2=CC(O)CCC2)c(C)c1. The highest BCUT2D eigenvalue weighted by molar-refractivity contribution is 5.69. The second kappa shape index (κ2) is 4.71. The van der Waals surface area contributed by atoms with Crippen LogP contribution in [0.15, 0.2) is 24.3 Å². The normalized spacial score (nSPS) is 20.4. The Kier molecular flexibility index (Phi) is 3.30. The maximum atomic E-state index is 9.63. The number of allylic oxidation sites excluding steroid dienone is 1. The van der Waals surface area contributed by atoms with Crippen molar-refractivity contribution in [3.05, 3.63) is 35.4 Å². The van der Waals surface area contributed by atoms with Crippen molar-refractivity contribution in [3.8, 4) is 5.75 Å². The van der Waals surface area contributed by atoms with Gasteiger partial charge < -0.3 is 9.84 Å². The predicted molar refractivity (Wildman–Crippen MR) is 65.6 cm³/mol. The lowest BCUT2D eigenvalue weighted by molar-refractivity contribution is 0.206. The molecule has 1 unspecified atom stereocenters. The molecule has 0 saturated carbocycles. The molecule has 1 aliphatic rings. The zero-order chi connectivity index (χ0) is 11.5. The number of aliphatic hydroxyl groups is 1. The van der Waals surface area contributed by atoms with Gasteiger partial charge in [-0.3, -0.25) is 0 Å². The molecular weight excluding hydrogens is 200 g/mol. The Labute approximate surface area is 96.6 Å². The Balaban J connectivity index is 2.33. The number of methoxy groups -OCH3 is 1. The standard InChI is InChI=1S/C14H18O2/c1-10-8-13(16-2)6-7-14(10)11-4-3-5-12(15)9-11/h6-9,12,15H,3-5H2,1-2H3. The van der Waals surface area contributed by atoms with E-state index >= 15 is 0 Å². The van der Waals surface area contributed by atoms with Gasteiger partial charge in [-0.05, 0) is 55.0 Å². The van der Waals surface area contributed by atoms with Crippen LogP contribution in [0.1, 0.15) is 30.4 Å². The van der Waals surface area contributed by atoms with Gasteiger partial charge in [0.1, 0.15) is 5.75 Å². The van der Waals surface area contributed by atoms with E-state index in [1.807, 2.05) is 18.2 Å². The molecule has 16 heavy (non-hydrogen) atoms. The molecule has 0 spiro atoms.